The standard InChI is InChI=1S/C16H21NO6/c1-5-6-10-7-11(8-12(21-2)14(10)23-4)15(18)17-9-13(22-3)16(19)20/h5,7-8,13H,1,6,9H2,2-4H3,(H,17,18)(H,19,20). The number of hydrogen-bond donors (Lipinski definition) is 2. The van der Waals surface area contributed by atoms with Gasteiger partial charge >= 0.3 is 5.97 Å². The molecule has 1 atom stereocenters. The van der Waals surface area contributed by atoms with Crippen LogP contribution in [-0.2, 0) is 16.0 Å². The monoisotopic (exact) mass is 323 g/mol. The van der Waals surface area contributed by atoms with Gasteiger partial charge in [0.1, 0.15) is 0 Å². The summed E-state index contributed by atoms with van der Waals surface area (Å²) in [5.74, 6) is -0.630. The number of rotatable bonds is 9. The molecular formula is C16H21NO6. The minimum atomic E-state index is -1.15. The number of carbonyl (C=O) groups is 2. The molecule has 7 heteroatoms. The molecule has 23 heavy (non-hydrogen) atoms. The van der Waals surface area contributed by atoms with Gasteiger partial charge in [0.25, 0.3) is 5.91 Å². The summed E-state index contributed by atoms with van der Waals surface area (Å²) in [6.45, 7) is 3.53. The summed E-state index contributed by atoms with van der Waals surface area (Å²) in [7, 11) is 4.26. The number of allylic oxidation sites excluding steroid dienone is 1. The first-order valence-corrected chi connectivity index (χ1v) is 6.88. The van der Waals surface area contributed by atoms with E-state index in [9.17, 15) is 9.59 Å². The third-order valence-electron chi connectivity index (χ3n) is 3.19. The Morgan fingerprint density at radius 1 is 1.30 bits per heavy atom. The van der Waals surface area contributed by atoms with E-state index >= 15 is 0 Å². The van der Waals surface area contributed by atoms with E-state index in [4.69, 9.17) is 19.3 Å². The van der Waals surface area contributed by atoms with E-state index in [1.165, 1.54) is 27.4 Å². The van der Waals surface area contributed by atoms with Crippen molar-refractivity contribution in [3.8, 4) is 11.5 Å². The van der Waals surface area contributed by atoms with Crippen molar-refractivity contribution in [1.29, 1.82) is 0 Å². The molecule has 0 aliphatic heterocycles. The van der Waals surface area contributed by atoms with Crippen LogP contribution in [0.5, 0.6) is 11.5 Å². The van der Waals surface area contributed by atoms with Crippen molar-refractivity contribution < 1.29 is 28.9 Å². The molecule has 0 aromatic heterocycles. The molecule has 0 fully saturated rings. The summed E-state index contributed by atoms with van der Waals surface area (Å²) in [4.78, 5) is 23.1. The summed E-state index contributed by atoms with van der Waals surface area (Å²) in [5, 5.41) is 11.4. The smallest absolute Gasteiger partial charge is 0.334 e. The predicted octanol–water partition coefficient (Wildman–Crippen LogP) is 1.26. The largest absolute Gasteiger partial charge is 0.493 e. The SMILES string of the molecule is C=CCc1cc(C(=O)NCC(OC)C(=O)O)cc(OC)c1OC. The highest BCUT2D eigenvalue weighted by Gasteiger charge is 2.19. The van der Waals surface area contributed by atoms with Crippen molar-refractivity contribution in [2.24, 2.45) is 0 Å². The van der Waals surface area contributed by atoms with Crippen LogP contribution in [-0.4, -0.2) is 51.0 Å². The van der Waals surface area contributed by atoms with Crippen LogP contribution < -0.4 is 14.8 Å². The molecule has 1 amide bonds. The van der Waals surface area contributed by atoms with E-state index < -0.39 is 18.0 Å². The normalized spacial score (nSPS) is 11.4. The molecule has 0 spiro atoms. The number of carboxylic acid groups (broad SMARTS) is 1. The second-order valence-electron chi connectivity index (χ2n) is 4.64. The van der Waals surface area contributed by atoms with Gasteiger partial charge in [-0.25, -0.2) is 4.79 Å². The lowest BCUT2D eigenvalue weighted by atomic mass is 10.0. The Morgan fingerprint density at radius 3 is 2.48 bits per heavy atom. The lowest BCUT2D eigenvalue weighted by Gasteiger charge is -2.15. The van der Waals surface area contributed by atoms with Crippen LogP contribution >= 0.6 is 0 Å². The van der Waals surface area contributed by atoms with Gasteiger partial charge in [-0.3, -0.25) is 4.79 Å². The molecule has 7 nitrogen and oxygen atoms in total. The molecule has 0 saturated carbocycles. The molecule has 1 aromatic rings. The number of amides is 1. The minimum absolute atomic E-state index is 0.143. The lowest BCUT2D eigenvalue weighted by molar-refractivity contribution is -0.148. The van der Waals surface area contributed by atoms with Crippen molar-refractivity contribution in [2.45, 2.75) is 12.5 Å². The lowest BCUT2D eigenvalue weighted by Crippen LogP contribution is -2.37. The van der Waals surface area contributed by atoms with Crippen molar-refractivity contribution in [3.05, 3.63) is 35.9 Å². The second-order valence-corrected chi connectivity index (χ2v) is 4.64. The number of aliphatic carboxylic acids is 1. The molecule has 0 aliphatic carbocycles. The van der Waals surface area contributed by atoms with E-state index in [0.29, 0.717) is 23.5 Å². The van der Waals surface area contributed by atoms with Gasteiger partial charge in [0, 0.05) is 18.2 Å². The molecule has 0 aliphatic rings. The fourth-order valence-electron chi connectivity index (χ4n) is 2.04. The average molecular weight is 323 g/mol. The molecule has 0 heterocycles. The number of methoxy groups -OCH3 is 3. The Bertz CT molecular complexity index is 584. The maximum absolute atomic E-state index is 12.2. The Balaban J connectivity index is 3.02. The third kappa shape index (κ3) is 4.72. The van der Waals surface area contributed by atoms with Gasteiger partial charge in [-0.15, -0.1) is 6.58 Å². The summed E-state index contributed by atoms with van der Waals surface area (Å²) >= 11 is 0. The van der Waals surface area contributed by atoms with Crippen LogP contribution in [0.25, 0.3) is 0 Å². The summed E-state index contributed by atoms with van der Waals surface area (Å²) < 4.78 is 15.3. The molecule has 0 saturated heterocycles. The van der Waals surface area contributed by atoms with Crippen LogP contribution in [0.2, 0.25) is 0 Å². The van der Waals surface area contributed by atoms with Gasteiger partial charge in [-0.05, 0) is 18.6 Å². The number of nitrogens with one attached hydrogen (secondary N) is 1. The molecule has 2 N–H and O–H groups in total. The minimum Gasteiger partial charge on any atom is -0.493 e. The molecule has 0 bridgehead atoms. The Kier molecular flexibility index (Phi) is 7.08. The topological polar surface area (TPSA) is 94.1 Å². The van der Waals surface area contributed by atoms with E-state index in [1.54, 1.807) is 12.1 Å². The van der Waals surface area contributed by atoms with Crippen LogP contribution in [0.4, 0.5) is 0 Å². The van der Waals surface area contributed by atoms with E-state index in [2.05, 4.69) is 11.9 Å². The Morgan fingerprint density at radius 2 is 2.00 bits per heavy atom. The summed E-state index contributed by atoms with van der Waals surface area (Å²) in [5.41, 5.74) is 1.08. The number of benzene rings is 1. The predicted molar refractivity (Wildman–Crippen MR) is 84.2 cm³/mol. The van der Waals surface area contributed by atoms with Crippen molar-refractivity contribution >= 4 is 11.9 Å². The molecular weight excluding hydrogens is 302 g/mol. The Labute approximate surface area is 134 Å². The summed E-state index contributed by atoms with van der Waals surface area (Å²) in [6, 6.07) is 3.18. The van der Waals surface area contributed by atoms with E-state index in [-0.39, 0.29) is 6.54 Å². The zero-order valence-corrected chi connectivity index (χ0v) is 13.4. The number of hydrogen-bond acceptors (Lipinski definition) is 5. The van der Waals surface area contributed by atoms with Crippen LogP contribution in [0.1, 0.15) is 15.9 Å². The third-order valence-corrected chi connectivity index (χ3v) is 3.19. The highest BCUT2D eigenvalue weighted by atomic mass is 16.5. The molecule has 0 radical (unpaired) electrons. The van der Waals surface area contributed by atoms with Crippen molar-refractivity contribution in [2.75, 3.05) is 27.9 Å². The molecule has 126 valence electrons. The fraction of sp³-hybridized carbons (Fsp3) is 0.375. The van der Waals surface area contributed by atoms with Gasteiger partial charge < -0.3 is 24.6 Å². The maximum atomic E-state index is 12.2. The van der Waals surface area contributed by atoms with Crippen LogP contribution in [0.3, 0.4) is 0 Å². The maximum Gasteiger partial charge on any atom is 0.334 e. The molecule has 1 rings (SSSR count). The zero-order valence-electron chi connectivity index (χ0n) is 13.4. The summed E-state index contributed by atoms with van der Waals surface area (Å²) in [6.07, 6.45) is 1.08. The first-order valence-electron chi connectivity index (χ1n) is 6.88. The highest BCUT2D eigenvalue weighted by molar-refractivity contribution is 5.95. The Hall–Kier alpha value is -2.54. The second kappa shape index (κ2) is 8.79. The van der Waals surface area contributed by atoms with Gasteiger partial charge in [-0.1, -0.05) is 6.08 Å². The van der Waals surface area contributed by atoms with Crippen molar-refractivity contribution in [3.63, 3.8) is 0 Å². The quantitative estimate of drug-likeness (QED) is 0.665. The van der Waals surface area contributed by atoms with E-state index in [1.807, 2.05) is 0 Å². The molecule has 1 unspecified atom stereocenters. The first kappa shape index (κ1) is 18.5. The van der Waals surface area contributed by atoms with Gasteiger partial charge in [-0.2, -0.15) is 0 Å². The number of carboxylic acids is 1. The highest BCUT2D eigenvalue weighted by Crippen LogP contribution is 2.33. The zero-order chi connectivity index (χ0) is 17.4. The van der Waals surface area contributed by atoms with Crippen LogP contribution in [0, 0.1) is 0 Å². The average Bonchev–Trinajstić information content (AvgIpc) is 2.54. The fourth-order valence-corrected chi connectivity index (χ4v) is 2.04. The number of carbonyl (C=O) groups excluding carboxylic acids is 1. The van der Waals surface area contributed by atoms with Gasteiger partial charge in [0.15, 0.2) is 17.6 Å². The van der Waals surface area contributed by atoms with E-state index in [0.717, 1.165) is 5.56 Å². The van der Waals surface area contributed by atoms with Gasteiger partial charge in [0.2, 0.25) is 0 Å². The van der Waals surface area contributed by atoms with Gasteiger partial charge in [0.05, 0.1) is 20.8 Å². The molecule has 1 aromatic carbocycles. The van der Waals surface area contributed by atoms with Crippen LogP contribution in [0.15, 0.2) is 24.8 Å². The first-order chi connectivity index (χ1) is 11.0. The number of ether oxygens (including phenoxy) is 3. The van der Waals surface area contributed by atoms with Crippen molar-refractivity contribution in [1.82, 2.24) is 5.32 Å².